The van der Waals surface area contributed by atoms with Crippen LogP contribution >= 0.6 is 11.6 Å². The molecule has 0 atom stereocenters. The van der Waals surface area contributed by atoms with E-state index in [4.69, 9.17) is 16.3 Å². The van der Waals surface area contributed by atoms with Crippen molar-refractivity contribution in [1.29, 1.82) is 0 Å². The molecule has 2 rings (SSSR count). The van der Waals surface area contributed by atoms with E-state index in [1.165, 1.54) is 5.69 Å². The van der Waals surface area contributed by atoms with Gasteiger partial charge in [0.15, 0.2) is 0 Å². The maximum absolute atomic E-state index is 12.3. The minimum atomic E-state index is -0.169. The first kappa shape index (κ1) is 18.1. The molecule has 2 aromatic rings. The van der Waals surface area contributed by atoms with Crippen LogP contribution in [0.4, 0.5) is 5.69 Å². The maximum atomic E-state index is 12.3. The molecule has 0 radical (unpaired) electrons. The lowest BCUT2D eigenvalue weighted by Gasteiger charge is -2.23. The van der Waals surface area contributed by atoms with Gasteiger partial charge in [0.2, 0.25) is 0 Å². The van der Waals surface area contributed by atoms with Crippen molar-refractivity contribution in [3.8, 4) is 5.75 Å². The number of para-hydroxylation sites is 1. The van der Waals surface area contributed by atoms with Crippen LogP contribution in [0.25, 0.3) is 0 Å². The number of carbonyl (C=O) groups excluding carboxylic acids is 1. The monoisotopic (exact) mass is 346 g/mol. The van der Waals surface area contributed by atoms with Crippen LogP contribution in [-0.4, -0.2) is 32.7 Å². The fourth-order valence-electron chi connectivity index (χ4n) is 2.53. The van der Waals surface area contributed by atoms with Gasteiger partial charge < -0.3 is 15.0 Å². The van der Waals surface area contributed by atoms with Gasteiger partial charge in [0.25, 0.3) is 5.91 Å². The van der Waals surface area contributed by atoms with Gasteiger partial charge in [-0.05, 0) is 43.7 Å². The standard InChI is InChI=1S/C19H23ClN2O2/c1-3-22(16-8-5-4-6-9-16)13-7-12-21-19(23)17-14-15(20)10-11-18(17)24-2/h4-6,8-11,14H,3,7,12-13H2,1-2H3,(H,21,23). The summed E-state index contributed by atoms with van der Waals surface area (Å²) in [6.45, 7) is 4.54. The summed E-state index contributed by atoms with van der Waals surface area (Å²) in [5, 5.41) is 3.44. The number of anilines is 1. The molecular weight excluding hydrogens is 324 g/mol. The number of hydrogen-bond acceptors (Lipinski definition) is 3. The van der Waals surface area contributed by atoms with Gasteiger partial charge >= 0.3 is 0 Å². The number of benzene rings is 2. The van der Waals surface area contributed by atoms with Crippen molar-refractivity contribution in [2.24, 2.45) is 0 Å². The van der Waals surface area contributed by atoms with Crippen LogP contribution < -0.4 is 15.0 Å². The molecule has 0 unspecified atom stereocenters. The Kier molecular flexibility index (Phi) is 6.94. The summed E-state index contributed by atoms with van der Waals surface area (Å²) in [7, 11) is 1.54. The van der Waals surface area contributed by atoms with Crippen LogP contribution in [-0.2, 0) is 0 Å². The van der Waals surface area contributed by atoms with Crippen molar-refractivity contribution in [3.63, 3.8) is 0 Å². The molecule has 5 heteroatoms. The van der Waals surface area contributed by atoms with Crippen LogP contribution in [0.5, 0.6) is 5.75 Å². The lowest BCUT2D eigenvalue weighted by Crippen LogP contribution is -2.30. The number of ether oxygens (including phenoxy) is 1. The third-order valence-corrected chi connectivity index (χ3v) is 4.03. The van der Waals surface area contributed by atoms with Gasteiger partial charge in [-0.1, -0.05) is 29.8 Å². The Morgan fingerprint density at radius 3 is 2.62 bits per heavy atom. The highest BCUT2D eigenvalue weighted by atomic mass is 35.5. The van der Waals surface area contributed by atoms with E-state index in [0.717, 1.165) is 19.5 Å². The van der Waals surface area contributed by atoms with Crippen LogP contribution in [0.15, 0.2) is 48.5 Å². The van der Waals surface area contributed by atoms with Gasteiger partial charge in [-0.25, -0.2) is 0 Å². The van der Waals surface area contributed by atoms with Gasteiger partial charge in [-0.2, -0.15) is 0 Å². The smallest absolute Gasteiger partial charge is 0.255 e. The quantitative estimate of drug-likeness (QED) is 0.735. The second-order valence-corrected chi connectivity index (χ2v) is 5.81. The molecule has 0 aromatic heterocycles. The average Bonchev–Trinajstić information content (AvgIpc) is 2.62. The van der Waals surface area contributed by atoms with E-state index in [2.05, 4.69) is 29.3 Å². The van der Waals surface area contributed by atoms with Crippen molar-refractivity contribution >= 4 is 23.2 Å². The number of hydrogen-bond donors (Lipinski definition) is 1. The number of nitrogens with one attached hydrogen (secondary N) is 1. The van der Waals surface area contributed by atoms with E-state index in [1.54, 1.807) is 25.3 Å². The summed E-state index contributed by atoms with van der Waals surface area (Å²) in [6.07, 6.45) is 0.858. The molecule has 0 aliphatic heterocycles. The summed E-state index contributed by atoms with van der Waals surface area (Å²) in [4.78, 5) is 14.6. The first-order chi connectivity index (χ1) is 11.7. The van der Waals surface area contributed by atoms with Crippen molar-refractivity contribution in [1.82, 2.24) is 5.32 Å². The predicted molar refractivity (Wildman–Crippen MR) is 99.3 cm³/mol. The SMILES string of the molecule is CCN(CCCNC(=O)c1cc(Cl)ccc1OC)c1ccccc1. The fraction of sp³-hybridized carbons (Fsp3) is 0.316. The van der Waals surface area contributed by atoms with Crippen LogP contribution in [0.2, 0.25) is 5.02 Å². The van der Waals surface area contributed by atoms with Gasteiger partial charge in [0.05, 0.1) is 12.7 Å². The van der Waals surface area contributed by atoms with E-state index in [9.17, 15) is 4.79 Å². The Morgan fingerprint density at radius 1 is 1.21 bits per heavy atom. The molecule has 1 amide bonds. The summed E-state index contributed by atoms with van der Waals surface area (Å²) in [6, 6.07) is 15.3. The molecule has 0 aliphatic rings. The van der Waals surface area contributed by atoms with Crippen molar-refractivity contribution < 1.29 is 9.53 Å². The molecule has 0 saturated carbocycles. The minimum absolute atomic E-state index is 0.169. The Morgan fingerprint density at radius 2 is 1.96 bits per heavy atom. The number of carbonyl (C=O) groups is 1. The van der Waals surface area contributed by atoms with E-state index in [1.807, 2.05) is 18.2 Å². The van der Waals surface area contributed by atoms with Crippen LogP contribution in [0.1, 0.15) is 23.7 Å². The van der Waals surface area contributed by atoms with Crippen molar-refractivity contribution in [2.75, 3.05) is 31.6 Å². The topological polar surface area (TPSA) is 41.6 Å². The van der Waals surface area contributed by atoms with E-state index >= 15 is 0 Å². The minimum Gasteiger partial charge on any atom is -0.496 e. The Hall–Kier alpha value is -2.20. The highest BCUT2D eigenvalue weighted by Gasteiger charge is 2.12. The molecule has 0 bridgehead atoms. The third-order valence-electron chi connectivity index (χ3n) is 3.80. The lowest BCUT2D eigenvalue weighted by atomic mass is 10.2. The molecule has 24 heavy (non-hydrogen) atoms. The van der Waals surface area contributed by atoms with Gasteiger partial charge in [-0.3, -0.25) is 4.79 Å². The van der Waals surface area contributed by atoms with Crippen molar-refractivity contribution in [3.05, 3.63) is 59.1 Å². The molecule has 4 nitrogen and oxygen atoms in total. The highest BCUT2D eigenvalue weighted by Crippen LogP contribution is 2.22. The van der Waals surface area contributed by atoms with Gasteiger partial charge in [-0.15, -0.1) is 0 Å². The van der Waals surface area contributed by atoms with Crippen LogP contribution in [0.3, 0.4) is 0 Å². The molecule has 0 heterocycles. The largest absolute Gasteiger partial charge is 0.496 e. The van der Waals surface area contributed by atoms with Gasteiger partial charge in [0.1, 0.15) is 5.75 Å². The zero-order chi connectivity index (χ0) is 17.4. The summed E-state index contributed by atoms with van der Waals surface area (Å²) >= 11 is 5.97. The molecule has 2 aromatic carbocycles. The summed E-state index contributed by atoms with van der Waals surface area (Å²) in [5.41, 5.74) is 1.66. The van der Waals surface area contributed by atoms with Crippen molar-refractivity contribution in [2.45, 2.75) is 13.3 Å². The molecule has 0 fully saturated rings. The number of halogens is 1. The second kappa shape index (κ2) is 9.18. The molecule has 1 N–H and O–H groups in total. The summed E-state index contributed by atoms with van der Waals surface area (Å²) in [5.74, 6) is 0.355. The predicted octanol–water partition coefficient (Wildman–Crippen LogP) is 4.00. The zero-order valence-electron chi connectivity index (χ0n) is 14.1. The first-order valence-corrected chi connectivity index (χ1v) is 8.45. The normalized spacial score (nSPS) is 10.3. The molecular formula is C19H23ClN2O2. The number of rotatable bonds is 8. The molecule has 0 spiro atoms. The maximum Gasteiger partial charge on any atom is 0.255 e. The average molecular weight is 347 g/mol. The van der Waals surface area contributed by atoms with E-state index in [0.29, 0.717) is 22.9 Å². The second-order valence-electron chi connectivity index (χ2n) is 5.37. The number of nitrogens with zero attached hydrogens (tertiary/aromatic N) is 1. The lowest BCUT2D eigenvalue weighted by molar-refractivity contribution is 0.0950. The Balaban J connectivity index is 1.86. The Labute approximate surface area is 148 Å². The summed E-state index contributed by atoms with van der Waals surface area (Å²) < 4.78 is 5.21. The molecule has 0 saturated heterocycles. The third kappa shape index (κ3) is 4.90. The van der Waals surface area contributed by atoms with Gasteiger partial charge in [0, 0.05) is 30.3 Å². The van der Waals surface area contributed by atoms with E-state index < -0.39 is 0 Å². The number of amides is 1. The molecule has 0 aliphatic carbocycles. The Bertz CT molecular complexity index is 662. The fourth-order valence-corrected chi connectivity index (χ4v) is 2.71. The van der Waals surface area contributed by atoms with Crippen LogP contribution in [0, 0.1) is 0 Å². The number of methoxy groups -OCH3 is 1. The zero-order valence-corrected chi connectivity index (χ0v) is 14.8. The highest BCUT2D eigenvalue weighted by molar-refractivity contribution is 6.31. The molecule has 128 valence electrons. The van der Waals surface area contributed by atoms with E-state index in [-0.39, 0.29) is 5.91 Å². The first-order valence-electron chi connectivity index (χ1n) is 8.07.